The highest BCUT2D eigenvalue weighted by atomic mass is 35.5. The number of thioether (sulfide) groups is 1. The Morgan fingerprint density at radius 2 is 2.09 bits per heavy atom. The summed E-state index contributed by atoms with van der Waals surface area (Å²) in [6.45, 7) is 0.431. The normalized spacial score (nSPS) is 22.4. The summed E-state index contributed by atoms with van der Waals surface area (Å²) in [5, 5.41) is 11.5. The molecule has 0 fully saturated rings. The average Bonchev–Trinajstić information content (AvgIpc) is 2.48. The third-order valence-electron chi connectivity index (χ3n) is 4.45. The lowest BCUT2D eigenvalue weighted by molar-refractivity contribution is -0.112. The topological polar surface area (TPSA) is 46.5 Å². The number of aromatic hydroxyl groups is 1. The number of fused-ring (bicyclic) bond motifs is 4. The van der Waals surface area contributed by atoms with Crippen LogP contribution in [0.5, 0.6) is 11.5 Å². The molecule has 23 heavy (non-hydrogen) atoms. The summed E-state index contributed by atoms with van der Waals surface area (Å²) in [5.74, 6) is 0.739. The van der Waals surface area contributed by atoms with Gasteiger partial charge in [0.05, 0.1) is 11.6 Å². The minimum absolute atomic E-state index is 0.0621. The monoisotopic (exact) mass is 366 g/mol. The van der Waals surface area contributed by atoms with E-state index in [2.05, 4.69) is 0 Å². The van der Waals surface area contributed by atoms with Gasteiger partial charge in [0.2, 0.25) is 0 Å². The molecule has 0 bridgehead atoms. The number of benzene rings is 2. The van der Waals surface area contributed by atoms with Gasteiger partial charge in [-0.2, -0.15) is 0 Å². The molecule has 1 unspecified atom stereocenters. The molecule has 2 aromatic carbocycles. The van der Waals surface area contributed by atoms with Crippen LogP contribution in [0.3, 0.4) is 0 Å². The zero-order valence-corrected chi connectivity index (χ0v) is 14.3. The van der Waals surface area contributed by atoms with Gasteiger partial charge < -0.3 is 9.84 Å². The van der Waals surface area contributed by atoms with Crippen LogP contribution in [0.4, 0.5) is 0 Å². The van der Waals surface area contributed by atoms with Gasteiger partial charge in [-0.15, -0.1) is 0 Å². The molecule has 1 atom stereocenters. The van der Waals surface area contributed by atoms with Crippen LogP contribution in [0, 0.1) is 0 Å². The van der Waals surface area contributed by atoms with E-state index in [4.69, 9.17) is 27.9 Å². The molecule has 2 heterocycles. The van der Waals surface area contributed by atoms with Crippen molar-refractivity contribution < 1.29 is 14.6 Å². The standard InChI is InChI=1S/C17H12Cl2O3S/c18-9-6-10-16(11(19)7-9)22-5-4-17(10)8-14(21)23-13-3-1-2-12(20)15(13)17/h1-3,6-7,20H,4-5,8H2. The Hall–Kier alpha value is -1.36. The quantitative estimate of drug-likeness (QED) is 0.727. The van der Waals surface area contributed by atoms with Crippen LogP contribution >= 0.6 is 35.0 Å². The van der Waals surface area contributed by atoms with Crippen molar-refractivity contribution >= 4 is 40.1 Å². The largest absolute Gasteiger partial charge is 0.508 e. The minimum atomic E-state index is -0.648. The lowest BCUT2D eigenvalue weighted by Gasteiger charge is -2.42. The lowest BCUT2D eigenvalue weighted by atomic mass is 9.68. The van der Waals surface area contributed by atoms with Crippen LogP contribution in [0.15, 0.2) is 35.2 Å². The molecule has 4 rings (SSSR count). The fourth-order valence-corrected chi connectivity index (χ4v) is 5.21. The first-order chi connectivity index (χ1) is 11.0. The Morgan fingerprint density at radius 3 is 2.91 bits per heavy atom. The third-order valence-corrected chi connectivity index (χ3v) is 5.88. The fraction of sp³-hybridized carbons (Fsp3) is 0.235. The highest BCUT2D eigenvalue weighted by molar-refractivity contribution is 8.13. The van der Waals surface area contributed by atoms with Gasteiger partial charge in [-0.25, -0.2) is 0 Å². The van der Waals surface area contributed by atoms with E-state index >= 15 is 0 Å². The van der Waals surface area contributed by atoms with Crippen molar-refractivity contribution in [3.8, 4) is 11.5 Å². The van der Waals surface area contributed by atoms with E-state index in [1.165, 1.54) is 11.8 Å². The summed E-state index contributed by atoms with van der Waals surface area (Å²) in [4.78, 5) is 13.1. The molecule has 1 N–H and O–H groups in total. The Labute approximate surface area is 147 Å². The molecule has 0 saturated carbocycles. The zero-order chi connectivity index (χ0) is 16.2. The molecular weight excluding hydrogens is 355 g/mol. The molecule has 0 aromatic heterocycles. The van der Waals surface area contributed by atoms with Crippen molar-refractivity contribution in [1.29, 1.82) is 0 Å². The van der Waals surface area contributed by atoms with E-state index < -0.39 is 5.41 Å². The lowest BCUT2D eigenvalue weighted by Crippen LogP contribution is -2.38. The SMILES string of the molecule is O=C1CC2(CCOc3c(Cl)cc(Cl)cc32)c2c(O)cccc2S1. The van der Waals surface area contributed by atoms with Gasteiger partial charge >= 0.3 is 0 Å². The van der Waals surface area contributed by atoms with Crippen LogP contribution in [-0.2, 0) is 10.2 Å². The second-order valence-corrected chi connectivity index (χ2v) is 7.69. The summed E-state index contributed by atoms with van der Waals surface area (Å²) in [6, 6.07) is 8.68. The minimum Gasteiger partial charge on any atom is -0.508 e. The van der Waals surface area contributed by atoms with Gasteiger partial charge in [0.25, 0.3) is 0 Å². The molecule has 1 spiro atoms. The average molecular weight is 367 g/mol. The molecule has 6 heteroatoms. The maximum Gasteiger partial charge on any atom is 0.194 e. The molecule has 0 radical (unpaired) electrons. The van der Waals surface area contributed by atoms with Crippen LogP contribution in [-0.4, -0.2) is 16.8 Å². The summed E-state index contributed by atoms with van der Waals surface area (Å²) >= 11 is 13.7. The van der Waals surface area contributed by atoms with Gasteiger partial charge in [-0.3, -0.25) is 4.79 Å². The zero-order valence-electron chi connectivity index (χ0n) is 11.9. The molecule has 2 aromatic rings. The van der Waals surface area contributed by atoms with E-state index in [-0.39, 0.29) is 17.3 Å². The van der Waals surface area contributed by atoms with Crippen LogP contribution < -0.4 is 4.74 Å². The number of ether oxygens (including phenoxy) is 1. The third kappa shape index (κ3) is 2.24. The van der Waals surface area contributed by atoms with Gasteiger partial charge in [0.15, 0.2) is 5.12 Å². The van der Waals surface area contributed by atoms with Crippen LogP contribution in [0.2, 0.25) is 10.0 Å². The van der Waals surface area contributed by atoms with Crippen LogP contribution in [0.1, 0.15) is 24.0 Å². The Kier molecular flexibility index (Phi) is 3.52. The fourth-order valence-electron chi connectivity index (χ4n) is 3.55. The van der Waals surface area contributed by atoms with E-state index in [1.54, 1.807) is 24.3 Å². The predicted octanol–water partition coefficient (Wildman–Crippen LogP) is 4.79. The first-order valence-corrected chi connectivity index (χ1v) is 8.74. The number of phenolic OH excluding ortho intramolecular Hbond substituents is 1. The second-order valence-electron chi connectivity index (χ2n) is 5.75. The van der Waals surface area contributed by atoms with Crippen molar-refractivity contribution in [3.63, 3.8) is 0 Å². The van der Waals surface area contributed by atoms with Crippen LogP contribution in [0.25, 0.3) is 0 Å². The molecular formula is C17H12Cl2O3S. The van der Waals surface area contributed by atoms with Crippen molar-refractivity contribution in [2.24, 2.45) is 0 Å². The van der Waals surface area contributed by atoms with Gasteiger partial charge in [0.1, 0.15) is 11.5 Å². The summed E-state index contributed by atoms with van der Waals surface area (Å²) in [6.07, 6.45) is 0.878. The molecule has 0 aliphatic carbocycles. The van der Waals surface area contributed by atoms with E-state index in [9.17, 15) is 9.90 Å². The number of rotatable bonds is 0. The smallest absolute Gasteiger partial charge is 0.194 e. The van der Waals surface area contributed by atoms with Gasteiger partial charge in [-0.05, 0) is 30.7 Å². The highest BCUT2D eigenvalue weighted by Gasteiger charge is 2.47. The van der Waals surface area contributed by atoms with E-state index in [0.29, 0.717) is 28.8 Å². The Bertz CT molecular complexity index is 837. The number of hydrogen-bond acceptors (Lipinski definition) is 4. The maximum absolute atomic E-state index is 12.4. The molecule has 0 amide bonds. The molecule has 2 aliphatic heterocycles. The van der Waals surface area contributed by atoms with E-state index in [1.807, 2.05) is 6.07 Å². The van der Waals surface area contributed by atoms with Crippen molar-refractivity contribution in [2.45, 2.75) is 23.2 Å². The van der Waals surface area contributed by atoms with E-state index in [0.717, 1.165) is 16.0 Å². The first-order valence-electron chi connectivity index (χ1n) is 7.17. The number of carbonyl (C=O) groups excluding carboxylic acids is 1. The van der Waals surface area contributed by atoms with Crippen molar-refractivity contribution in [1.82, 2.24) is 0 Å². The highest BCUT2D eigenvalue weighted by Crippen LogP contribution is 2.56. The first kappa shape index (κ1) is 15.2. The number of carbonyl (C=O) groups is 1. The summed E-state index contributed by atoms with van der Waals surface area (Å²) in [5.41, 5.74) is 0.899. The Balaban J connectivity index is 2.07. The number of hydrogen-bond donors (Lipinski definition) is 1. The van der Waals surface area contributed by atoms with Crippen molar-refractivity contribution in [3.05, 3.63) is 51.5 Å². The molecule has 2 aliphatic rings. The molecule has 118 valence electrons. The Morgan fingerprint density at radius 1 is 1.26 bits per heavy atom. The number of halogens is 2. The molecule has 3 nitrogen and oxygen atoms in total. The summed E-state index contributed by atoms with van der Waals surface area (Å²) < 4.78 is 5.74. The number of phenols is 1. The molecule has 0 saturated heterocycles. The van der Waals surface area contributed by atoms with Gasteiger partial charge in [0, 0.05) is 32.9 Å². The summed E-state index contributed by atoms with van der Waals surface area (Å²) in [7, 11) is 0. The predicted molar refractivity (Wildman–Crippen MR) is 90.9 cm³/mol. The van der Waals surface area contributed by atoms with Crippen molar-refractivity contribution in [2.75, 3.05) is 6.61 Å². The maximum atomic E-state index is 12.4. The van der Waals surface area contributed by atoms with Gasteiger partial charge in [-0.1, -0.05) is 41.0 Å². The second kappa shape index (κ2) is 5.33.